The van der Waals surface area contributed by atoms with Gasteiger partial charge in [-0.15, -0.1) is 13.2 Å². The largest absolute Gasteiger partial charge is 0.573 e. The zero-order valence-electron chi connectivity index (χ0n) is 18.7. The first kappa shape index (κ1) is 25.1. The molecule has 34 heavy (non-hydrogen) atoms. The Bertz CT molecular complexity index is 1290. The summed E-state index contributed by atoms with van der Waals surface area (Å²) in [5.41, 5.74) is 3.63. The van der Waals surface area contributed by atoms with Crippen LogP contribution in [0.3, 0.4) is 0 Å². The van der Waals surface area contributed by atoms with Crippen LogP contribution in [-0.4, -0.2) is 26.9 Å². The van der Waals surface area contributed by atoms with Crippen molar-refractivity contribution in [3.05, 3.63) is 89.0 Å². The summed E-state index contributed by atoms with van der Waals surface area (Å²) < 4.78 is 67.2. The summed E-state index contributed by atoms with van der Waals surface area (Å²) in [7, 11) is -3.56. The molecule has 0 aliphatic rings. The summed E-state index contributed by atoms with van der Waals surface area (Å²) in [5.74, 6) is -1.11. The molecule has 0 heterocycles. The van der Waals surface area contributed by atoms with E-state index in [1.54, 1.807) is 30.3 Å². The number of nitrogens with zero attached hydrogens (tertiary/aromatic N) is 1. The first-order chi connectivity index (χ1) is 15.8. The number of carbonyl (C=O) groups is 1. The first-order valence-electron chi connectivity index (χ1n) is 10.1. The molecule has 0 saturated heterocycles. The van der Waals surface area contributed by atoms with Crippen LogP contribution < -0.4 is 14.4 Å². The van der Waals surface area contributed by atoms with Gasteiger partial charge in [0.2, 0.25) is 10.0 Å². The van der Waals surface area contributed by atoms with Gasteiger partial charge in [-0.2, -0.15) is 0 Å². The maximum absolute atomic E-state index is 12.4. The van der Waals surface area contributed by atoms with Gasteiger partial charge in [-0.3, -0.25) is 9.10 Å². The molecule has 0 atom stereocenters. The zero-order chi connectivity index (χ0) is 25.1. The lowest BCUT2D eigenvalue weighted by molar-refractivity contribution is -0.274. The summed E-state index contributed by atoms with van der Waals surface area (Å²) in [6, 6.07) is 16.6. The minimum atomic E-state index is -4.86. The lowest BCUT2D eigenvalue weighted by Crippen LogP contribution is -2.29. The summed E-state index contributed by atoms with van der Waals surface area (Å²) in [6.45, 7) is 3.94. The highest BCUT2D eigenvalue weighted by atomic mass is 32.2. The highest BCUT2D eigenvalue weighted by Gasteiger charge is 2.31. The number of hydrogen-bond donors (Lipinski definition) is 1. The molecule has 1 amide bonds. The van der Waals surface area contributed by atoms with Crippen LogP contribution in [0.15, 0.2) is 66.7 Å². The zero-order valence-corrected chi connectivity index (χ0v) is 19.5. The van der Waals surface area contributed by atoms with E-state index < -0.39 is 28.0 Å². The quantitative estimate of drug-likeness (QED) is 0.478. The van der Waals surface area contributed by atoms with E-state index in [0.29, 0.717) is 16.9 Å². The summed E-state index contributed by atoms with van der Waals surface area (Å²) in [5, 5.41) is 2.60. The Labute approximate surface area is 196 Å². The molecule has 0 saturated carbocycles. The van der Waals surface area contributed by atoms with Gasteiger partial charge in [0.25, 0.3) is 5.91 Å². The van der Waals surface area contributed by atoms with Crippen LogP contribution in [0, 0.1) is 13.8 Å². The second-order valence-electron chi connectivity index (χ2n) is 7.76. The van der Waals surface area contributed by atoms with E-state index in [-0.39, 0.29) is 12.1 Å². The third-order valence-corrected chi connectivity index (χ3v) is 6.19. The highest BCUT2D eigenvalue weighted by molar-refractivity contribution is 7.92. The molecule has 0 fully saturated rings. The van der Waals surface area contributed by atoms with Crippen LogP contribution in [0.2, 0.25) is 0 Å². The fraction of sp³-hybridized carbons (Fsp3) is 0.208. The number of aryl methyl sites for hydroxylation is 2. The molecule has 180 valence electrons. The van der Waals surface area contributed by atoms with Crippen LogP contribution >= 0.6 is 0 Å². The van der Waals surface area contributed by atoms with E-state index in [1.165, 1.54) is 16.4 Å². The number of hydrogen-bond acceptors (Lipinski definition) is 4. The van der Waals surface area contributed by atoms with Crippen molar-refractivity contribution in [2.75, 3.05) is 15.9 Å². The number of rotatable bonds is 7. The monoisotopic (exact) mass is 492 g/mol. The number of amides is 1. The molecule has 0 radical (unpaired) electrons. The van der Waals surface area contributed by atoms with Crippen molar-refractivity contribution in [3.63, 3.8) is 0 Å². The Kier molecular flexibility index (Phi) is 7.21. The molecule has 6 nitrogen and oxygen atoms in total. The number of sulfonamides is 1. The number of alkyl halides is 3. The van der Waals surface area contributed by atoms with Crippen LogP contribution in [0.1, 0.15) is 27.0 Å². The van der Waals surface area contributed by atoms with Gasteiger partial charge in [0.15, 0.2) is 0 Å². The number of anilines is 2. The molecule has 0 unspecified atom stereocenters. The third-order valence-electron chi connectivity index (χ3n) is 5.05. The molecular weight excluding hydrogens is 469 g/mol. The number of nitrogens with one attached hydrogen (secondary N) is 1. The molecule has 3 aromatic rings. The Morgan fingerprint density at radius 3 is 2.24 bits per heavy atom. The second-order valence-corrected chi connectivity index (χ2v) is 9.67. The smallest absolute Gasteiger partial charge is 0.406 e. The number of ether oxygens (including phenoxy) is 1. The minimum Gasteiger partial charge on any atom is -0.406 e. The minimum absolute atomic E-state index is 0.0104. The fourth-order valence-corrected chi connectivity index (χ4v) is 4.06. The molecular formula is C24H23F3N2O4S. The topological polar surface area (TPSA) is 75.7 Å². The molecule has 0 aliphatic heterocycles. The predicted octanol–water partition coefficient (Wildman–Crippen LogP) is 5.42. The number of carbonyl (C=O) groups excluding carboxylic acids is 1. The Hall–Kier alpha value is -3.53. The Morgan fingerprint density at radius 1 is 0.971 bits per heavy atom. The van der Waals surface area contributed by atoms with Gasteiger partial charge in [0, 0.05) is 11.3 Å². The van der Waals surface area contributed by atoms with E-state index >= 15 is 0 Å². The number of benzene rings is 3. The van der Waals surface area contributed by atoms with Gasteiger partial charge in [-0.25, -0.2) is 8.42 Å². The Morgan fingerprint density at radius 2 is 1.65 bits per heavy atom. The lowest BCUT2D eigenvalue weighted by Gasteiger charge is -2.23. The average molecular weight is 493 g/mol. The standard InChI is InChI=1S/C24H23F3N2O4S/c1-16-7-12-21(13-17(16)2)29(34(3,31)32)15-18-8-10-20(11-9-18)28-23(30)19-5-4-6-22(14-19)33-24(25,26)27/h4-14H,15H2,1-3H3,(H,28,30). The second kappa shape index (κ2) is 9.76. The van der Waals surface area contributed by atoms with Gasteiger partial charge in [0.1, 0.15) is 5.75 Å². The highest BCUT2D eigenvalue weighted by Crippen LogP contribution is 2.25. The molecule has 10 heteroatoms. The van der Waals surface area contributed by atoms with E-state index in [4.69, 9.17) is 0 Å². The Balaban J connectivity index is 1.73. The van der Waals surface area contributed by atoms with Crippen molar-refractivity contribution >= 4 is 27.3 Å². The van der Waals surface area contributed by atoms with Crippen molar-refractivity contribution in [3.8, 4) is 5.75 Å². The first-order valence-corrected chi connectivity index (χ1v) is 12.0. The maximum atomic E-state index is 12.4. The van der Waals surface area contributed by atoms with Crippen molar-refractivity contribution in [2.24, 2.45) is 0 Å². The lowest BCUT2D eigenvalue weighted by atomic mass is 10.1. The van der Waals surface area contributed by atoms with Crippen molar-refractivity contribution in [1.82, 2.24) is 0 Å². The summed E-state index contributed by atoms with van der Waals surface area (Å²) in [4.78, 5) is 12.4. The fourth-order valence-electron chi connectivity index (χ4n) is 3.18. The molecule has 1 N–H and O–H groups in total. The summed E-state index contributed by atoms with van der Waals surface area (Å²) >= 11 is 0. The van der Waals surface area contributed by atoms with Crippen LogP contribution in [0.4, 0.5) is 24.5 Å². The van der Waals surface area contributed by atoms with Crippen LogP contribution in [0.5, 0.6) is 5.75 Å². The number of halogens is 3. The molecule has 3 aromatic carbocycles. The van der Waals surface area contributed by atoms with Gasteiger partial charge in [-0.1, -0.05) is 24.3 Å². The SMILES string of the molecule is Cc1ccc(N(Cc2ccc(NC(=O)c3cccc(OC(F)(F)F)c3)cc2)S(C)(=O)=O)cc1C. The molecule has 0 spiro atoms. The third kappa shape index (κ3) is 6.74. The molecule has 0 aromatic heterocycles. The van der Waals surface area contributed by atoms with Crippen LogP contribution in [0.25, 0.3) is 0 Å². The van der Waals surface area contributed by atoms with Crippen molar-refractivity contribution < 1.29 is 31.1 Å². The average Bonchev–Trinajstić information content (AvgIpc) is 2.73. The maximum Gasteiger partial charge on any atom is 0.573 e. The van der Waals surface area contributed by atoms with Gasteiger partial charge < -0.3 is 10.1 Å². The van der Waals surface area contributed by atoms with E-state index in [0.717, 1.165) is 29.5 Å². The van der Waals surface area contributed by atoms with E-state index in [2.05, 4.69) is 10.1 Å². The van der Waals surface area contributed by atoms with Gasteiger partial charge in [0.05, 0.1) is 18.5 Å². The molecule has 0 bridgehead atoms. The normalized spacial score (nSPS) is 11.7. The molecule has 3 rings (SSSR count). The summed E-state index contributed by atoms with van der Waals surface area (Å²) in [6.07, 6.45) is -3.73. The van der Waals surface area contributed by atoms with E-state index in [1.807, 2.05) is 26.0 Å². The molecule has 0 aliphatic carbocycles. The van der Waals surface area contributed by atoms with E-state index in [9.17, 15) is 26.4 Å². The van der Waals surface area contributed by atoms with Crippen molar-refractivity contribution in [2.45, 2.75) is 26.8 Å². The van der Waals surface area contributed by atoms with Crippen molar-refractivity contribution in [1.29, 1.82) is 0 Å². The predicted molar refractivity (Wildman–Crippen MR) is 124 cm³/mol. The van der Waals surface area contributed by atoms with Crippen LogP contribution in [-0.2, 0) is 16.6 Å². The van der Waals surface area contributed by atoms with Gasteiger partial charge >= 0.3 is 6.36 Å². The van der Waals surface area contributed by atoms with Gasteiger partial charge in [-0.05, 0) is 73.0 Å².